The van der Waals surface area contributed by atoms with E-state index in [0.29, 0.717) is 12.1 Å². The maximum absolute atomic E-state index is 12.2. The van der Waals surface area contributed by atoms with Crippen molar-refractivity contribution in [2.75, 3.05) is 25.4 Å². The molecule has 0 radical (unpaired) electrons. The highest BCUT2D eigenvalue weighted by Crippen LogP contribution is 2.13. The number of rotatable bonds is 7. The minimum absolute atomic E-state index is 0.0794. The second-order valence-corrected chi connectivity index (χ2v) is 6.40. The van der Waals surface area contributed by atoms with Crippen molar-refractivity contribution in [2.24, 2.45) is 5.73 Å². The number of benzene rings is 1. The van der Waals surface area contributed by atoms with Crippen LogP contribution in [0, 0.1) is 5.41 Å². The molecule has 1 aromatic rings. The summed E-state index contributed by atoms with van der Waals surface area (Å²) in [7, 11) is -3.33. The molecule has 0 saturated carbocycles. The zero-order valence-corrected chi connectivity index (χ0v) is 12.2. The highest BCUT2D eigenvalue weighted by Gasteiger charge is 2.16. The van der Waals surface area contributed by atoms with Crippen molar-refractivity contribution < 1.29 is 8.42 Å². The van der Waals surface area contributed by atoms with Crippen molar-refractivity contribution >= 4 is 15.7 Å². The topological polar surface area (TPSA) is 87.2 Å². The van der Waals surface area contributed by atoms with E-state index < -0.39 is 9.84 Å². The van der Waals surface area contributed by atoms with Crippen LogP contribution < -0.4 is 5.73 Å². The fourth-order valence-electron chi connectivity index (χ4n) is 1.76. The summed E-state index contributed by atoms with van der Waals surface area (Å²) in [5.41, 5.74) is 5.81. The number of nitrogens with one attached hydrogen (secondary N) is 1. The number of nitrogens with zero attached hydrogens (tertiary/aromatic N) is 1. The predicted octanol–water partition coefficient (Wildman–Crippen LogP) is 1.09. The van der Waals surface area contributed by atoms with Crippen LogP contribution >= 0.6 is 0 Å². The van der Waals surface area contributed by atoms with Crippen LogP contribution in [-0.2, 0) is 9.84 Å². The Morgan fingerprint density at radius 1 is 1.32 bits per heavy atom. The van der Waals surface area contributed by atoms with E-state index in [9.17, 15) is 8.42 Å². The first kappa shape index (κ1) is 15.7. The number of hydrogen-bond donors (Lipinski definition) is 2. The number of nitrogens with two attached hydrogens (primary N) is 1. The average molecular weight is 283 g/mol. The third-order valence-corrected chi connectivity index (χ3v) is 4.77. The maximum atomic E-state index is 12.2. The summed E-state index contributed by atoms with van der Waals surface area (Å²) in [6, 6.07) is 6.25. The van der Waals surface area contributed by atoms with Crippen LogP contribution in [0.3, 0.4) is 0 Å². The van der Waals surface area contributed by atoms with Gasteiger partial charge in [-0.2, -0.15) is 0 Å². The molecule has 19 heavy (non-hydrogen) atoms. The molecule has 0 aliphatic heterocycles. The molecule has 0 aliphatic carbocycles. The van der Waals surface area contributed by atoms with Gasteiger partial charge in [0.1, 0.15) is 5.84 Å². The van der Waals surface area contributed by atoms with Gasteiger partial charge in [0.25, 0.3) is 0 Å². The van der Waals surface area contributed by atoms with Crippen molar-refractivity contribution in [2.45, 2.75) is 18.7 Å². The number of hydrogen-bond acceptors (Lipinski definition) is 4. The fourth-order valence-corrected chi connectivity index (χ4v) is 3.09. The Morgan fingerprint density at radius 3 is 2.47 bits per heavy atom. The number of amidine groups is 1. The number of nitrogen functional groups attached to an aromatic ring is 1. The molecule has 0 bridgehead atoms. The smallest absolute Gasteiger partial charge is 0.179 e. The van der Waals surface area contributed by atoms with Crippen molar-refractivity contribution in [1.29, 1.82) is 5.41 Å². The molecule has 6 heteroatoms. The zero-order valence-electron chi connectivity index (χ0n) is 11.4. The molecule has 0 heterocycles. The van der Waals surface area contributed by atoms with Crippen LogP contribution in [0.1, 0.15) is 19.4 Å². The van der Waals surface area contributed by atoms with Gasteiger partial charge in [0, 0.05) is 12.1 Å². The molecular formula is C13H21N3O2S. The Kier molecular flexibility index (Phi) is 5.50. The van der Waals surface area contributed by atoms with E-state index in [-0.39, 0.29) is 16.5 Å². The first-order valence-electron chi connectivity index (χ1n) is 6.30. The van der Waals surface area contributed by atoms with Crippen LogP contribution in [0.4, 0.5) is 0 Å². The van der Waals surface area contributed by atoms with Crippen molar-refractivity contribution in [3.8, 4) is 0 Å². The minimum Gasteiger partial charge on any atom is -0.384 e. The molecule has 0 atom stereocenters. The van der Waals surface area contributed by atoms with Crippen LogP contribution in [0.25, 0.3) is 0 Å². The zero-order chi connectivity index (χ0) is 14.5. The van der Waals surface area contributed by atoms with Gasteiger partial charge >= 0.3 is 0 Å². The lowest BCUT2D eigenvalue weighted by atomic mass is 10.2. The van der Waals surface area contributed by atoms with Gasteiger partial charge < -0.3 is 10.6 Å². The summed E-state index contributed by atoms with van der Waals surface area (Å²) in [6.45, 7) is 6.19. The lowest BCUT2D eigenvalue weighted by Crippen LogP contribution is -2.29. The van der Waals surface area contributed by atoms with Crippen molar-refractivity contribution in [3.63, 3.8) is 0 Å². The molecule has 106 valence electrons. The van der Waals surface area contributed by atoms with Crippen LogP contribution in [0.2, 0.25) is 0 Å². The summed E-state index contributed by atoms with van der Waals surface area (Å²) < 4.78 is 24.4. The Labute approximate surface area is 114 Å². The second-order valence-electron chi connectivity index (χ2n) is 4.29. The van der Waals surface area contributed by atoms with E-state index in [1.165, 1.54) is 6.07 Å². The molecule has 5 nitrogen and oxygen atoms in total. The molecule has 0 unspecified atom stereocenters. The average Bonchev–Trinajstić information content (AvgIpc) is 2.40. The number of sulfone groups is 1. The molecule has 0 saturated heterocycles. The van der Waals surface area contributed by atoms with Gasteiger partial charge in [-0.1, -0.05) is 26.0 Å². The fraction of sp³-hybridized carbons (Fsp3) is 0.462. The first-order chi connectivity index (χ1) is 8.90. The maximum Gasteiger partial charge on any atom is 0.179 e. The second kappa shape index (κ2) is 6.68. The predicted molar refractivity (Wildman–Crippen MR) is 77.3 cm³/mol. The summed E-state index contributed by atoms with van der Waals surface area (Å²) in [6.07, 6.45) is 0. The largest absolute Gasteiger partial charge is 0.384 e. The lowest BCUT2D eigenvalue weighted by molar-refractivity contribution is 0.321. The van der Waals surface area contributed by atoms with E-state index >= 15 is 0 Å². The Bertz CT molecular complexity index is 537. The van der Waals surface area contributed by atoms with Crippen LogP contribution in [0.15, 0.2) is 29.2 Å². The van der Waals surface area contributed by atoms with Gasteiger partial charge in [-0.15, -0.1) is 0 Å². The van der Waals surface area contributed by atoms with Gasteiger partial charge in [-0.25, -0.2) is 8.42 Å². The monoisotopic (exact) mass is 283 g/mol. The van der Waals surface area contributed by atoms with Gasteiger partial charge in [-0.05, 0) is 25.2 Å². The van der Waals surface area contributed by atoms with Gasteiger partial charge in [-0.3, -0.25) is 5.41 Å². The van der Waals surface area contributed by atoms with E-state index in [4.69, 9.17) is 11.1 Å². The molecular weight excluding hydrogens is 262 g/mol. The highest BCUT2D eigenvalue weighted by molar-refractivity contribution is 7.91. The SMILES string of the molecule is CCN(CC)CCS(=O)(=O)c1cccc(C(=N)N)c1. The molecule has 1 aromatic carbocycles. The molecule has 3 N–H and O–H groups in total. The van der Waals surface area contributed by atoms with E-state index in [1.807, 2.05) is 13.8 Å². The standard InChI is InChI=1S/C13H21N3O2S/c1-3-16(4-2)8-9-19(17,18)12-7-5-6-11(10-12)13(14)15/h5-7,10H,3-4,8-9H2,1-2H3,(H3,14,15). The summed E-state index contributed by atoms with van der Waals surface area (Å²) >= 11 is 0. The molecule has 1 rings (SSSR count). The highest BCUT2D eigenvalue weighted by atomic mass is 32.2. The van der Waals surface area contributed by atoms with Crippen LogP contribution in [0.5, 0.6) is 0 Å². The van der Waals surface area contributed by atoms with Crippen molar-refractivity contribution in [1.82, 2.24) is 4.90 Å². The van der Waals surface area contributed by atoms with Gasteiger partial charge in [0.05, 0.1) is 10.6 Å². The van der Waals surface area contributed by atoms with E-state index in [0.717, 1.165) is 13.1 Å². The summed E-state index contributed by atoms with van der Waals surface area (Å²) in [5.74, 6) is -0.0449. The minimum atomic E-state index is -3.33. The van der Waals surface area contributed by atoms with Gasteiger partial charge in [0.2, 0.25) is 0 Å². The molecule has 0 amide bonds. The molecule has 0 aliphatic rings. The quantitative estimate of drug-likeness (QED) is 0.579. The normalized spacial score (nSPS) is 11.7. The lowest BCUT2D eigenvalue weighted by Gasteiger charge is -2.17. The first-order valence-corrected chi connectivity index (χ1v) is 7.95. The summed E-state index contributed by atoms with van der Waals surface area (Å²) in [5, 5.41) is 7.34. The summed E-state index contributed by atoms with van der Waals surface area (Å²) in [4.78, 5) is 2.29. The Morgan fingerprint density at radius 2 is 1.95 bits per heavy atom. The third kappa shape index (κ3) is 4.33. The molecule has 0 spiro atoms. The molecule has 0 fully saturated rings. The van der Waals surface area contributed by atoms with E-state index in [1.54, 1.807) is 18.2 Å². The van der Waals surface area contributed by atoms with Gasteiger partial charge in [0.15, 0.2) is 9.84 Å². The van der Waals surface area contributed by atoms with E-state index in [2.05, 4.69) is 4.90 Å². The Hall–Kier alpha value is -1.40. The van der Waals surface area contributed by atoms with Crippen LogP contribution in [-0.4, -0.2) is 44.5 Å². The Balaban J connectivity index is 2.88. The third-order valence-electron chi connectivity index (χ3n) is 3.07. The molecule has 0 aromatic heterocycles. The van der Waals surface area contributed by atoms with Crippen molar-refractivity contribution in [3.05, 3.63) is 29.8 Å².